The van der Waals surface area contributed by atoms with Crippen molar-refractivity contribution < 1.29 is 9.53 Å². The van der Waals surface area contributed by atoms with Crippen LogP contribution in [0.3, 0.4) is 0 Å². The van der Waals surface area contributed by atoms with Crippen LogP contribution >= 0.6 is 0 Å². The molecule has 3 aromatic heterocycles. The number of nitrogens with zero attached hydrogens (tertiary/aromatic N) is 6. The van der Waals surface area contributed by atoms with Gasteiger partial charge in [-0.1, -0.05) is 24.3 Å². The Hall–Kier alpha value is -4.71. The van der Waals surface area contributed by atoms with E-state index in [0.29, 0.717) is 43.4 Å². The number of nitriles is 1. The zero-order chi connectivity index (χ0) is 26.7. The molecule has 5 rings (SSSR count). The number of benzene rings is 1. The maximum Gasteiger partial charge on any atom is 0.410 e. The van der Waals surface area contributed by atoms with Crippen molar-refractivity contribution in [3.8, 4) is 17.3 Å². The third-order valence-electron chi connectivity index (χ3n) is 6.16. The number of amides is 1. The first-order chi connectivity index (χ1) is 18.3. The van der Waals surface area contributed by atoms with E-state index in [9.17, 15) is 4.79 Å². The average molecular weight is 508 g/mol. The molecular formula is C29H29N7O2. The first-order valence-corrected chi connectivity index (χ1v) is 12.5. The van der Waals surface area contributed by atoms with Crippen LogP contribution in [0.15, 0.2) is 67.0 Å². The lowest BCUT2D eigenvalue weighted by molar-refractivity contribution is 0.0240. The molecule has 9 nitrogen and oxygen atoms in total. The fourth-order valence-corrected chi connectivity index (χ4v) is 4.33. The van der Waals surface area contributed by atoms with Gasteiger partial charge in [0.15, 0.2) is 0 Å². The number of pyridine rings is 3. The molecule has 0 radical (unpaired) electrons. The highest BCUT2D eigenvalue weighted by Crippen LogP contribution is 2.31. The summed E-state index contributed by atoms with van der Waals surface area (Å²) in [7, 11) is 0. The van der Waals surface area contributed by atoms with Gasteiger partial charge in [0.25, 0.3) is 0 Å². The smallest absolute Gasteiger partial charge is 0.410 e. The van der Waals surface area contributed by atoms with Crippen molar-refractivity contribution in [2.45, 2.75) is 26.4 Å². The van der Waals surface area contributed by atoms with Gasteiger partial charge in [-0.05, 0) is 56.5 Å². The van der Waals surface area contributed by atoms with Gasteiger partial charge in [0.2, 0.25) is 0 Å². The van der Waals surface area contributed by atoms with E-state index >= 15 is 0 Å². The van der Waals surface area contributed by atoms with E-state index in [2.05, 4.69) is 38.4 Å². The van der Waals surface area contributed by atoms with Crippen LogP contribution in [0.4, 0.5) is 22.2 Å². The highest BCUT2D eigenvalue weighted by molar-refractivity contribution is 5.96. The Morgan fingerprint density at radius 1 is 1.00 bits per heavy atom. The Balaban J connectivity index is 1.40. The van der Waals surface area contributed by atoms with E-state index in [4.69, 9.17) is 15.0 Å². The number of carbonyl (C=O) groups is 1. The molecule has 1 aliphatic heterocycles. The third kappa shape index (κ3) is 5.65. The van der Waals surface area contributed by atoms with E-state index in [1.165, 1.54) is 6.20 Å². The molecule has 1 saturated heterocycles. The second-order valence-corrected chi connectivity index (χ2v) is 10.1. The molecule has 0 unspecified atom stereocenters. The van der Waals surface area contributed by atoms with E-state index < -0.39 is 5.60 Å². The summed E-state index contributed by atoms with van der Waals surface area (Å²) in [6, 6.07) is 19.6. The molecule has 192 valence electrons. The number of nitrogens with one attached hydrogen (secondary N) is 1. The van der Waals surface area contributed by atoms with Crippen molar-refractivity contribution >= 4 is 34.3 Å². The normalized spacial score (nSPS) is 13.7. The third-order valence-corrected chi connectivity index (χ3v) is 6.16. The summed E-state index contributed by atoms with van der Waals surface area (Å²) >= 11 is 0. The molecule has 1 aliphatic rings. The van der Waals surface area contributed by atoms with Gasteiger partial charge in [0, 0.05) is 49.5 Å². The molecule has 1 aromatic carbocycles. The monoisotopic (exact) mass is 507 g/mol. The lowest BCUT2D eigenvalue weighted by Crippen LogP contribution is -2.50. The van der Waals surface area contributed by atoms with Crippen molar-refractivity contribution in [2.75, 3.05) is 36.4 Å². The molecule has 0 spiro atoms. The first kappa shape index (κ1) is 25.0. The number of anilines is 3. The molecule has 9 heteroatoms. The first-order valence-electron chi connectivity index (χ1n) is 12.5. The van der Waals surface area contributed by atoms with Crippen molar-refractivity contribution in [1.29, 1.82) is 5.26 Å². The molecule has 4 heterocycles. The van der Waals surface area contributed by atoms with Gasteiger partial charge in [0.05, 0.1) is 11.3 Å². The predicted octanol–water partition coefficient (Wildman–Crippen LogP) is 5.36. The van der Waals surface area contributed by atoms with E-state index in [1.807, 2.05) is 51.1 Å². The van der Waals surface area contributed by atoms with Crippen LogP contribution in [-0.2, 0) is 4.74 Å². The van der Waals surface area contributed by atoms with Gasteiger partial charge in [0.1, 0.15) is 29.1 Å². The van der Waals surface area contributed by atoms with Gasteiger partial charge in [-0.15, -0.1) is 0 Å². The number of fused-ring (bicyclic) bond motifs is 1. The molecule has 38 heavy (non-hydrogen) atoms. The summed E-state index contributed by atoms with van der Waals surface area (Å²) in [6.45, 7) is 8.09. The standard InChI is InChI=1S/C29H29N7O2/c1-29(2,3)38-28(37)36-14-12-35(13-15-36)26-17-22(10-11-31-26)27-23-7-5-4-6-21(23)16-25(34-27)33-24-9-8-20(18-30)19-32-24/h4-11,16-17,19H,12-15H2,1-3H3,(H,32,33,34). The number of hydrogen-bond donors (Lipinski definition) is 1. The Labute approximate surface area is 221 Å². The molecule has 4 aromatic rings. The molecule has 1 N–H and O–H groups in total. The van der Waals surface area contributed by atoms with Gasteiger partial charge in [-0.2, -0.15) is 5.26 Å². The van der Waals surface area contributed by atoms with E-state index in [1.54, 1.807) is 23.2 Å². The lowest BCUT2D eigenvalue weighted by atomic mass is 10.0. The van der Waals surface area contributed by atoms with Crippen LogP contribution in [0, 0.1) is 11.3 Å². The van der Waals surface area contributed by atoms with E-state index in [-0.39, 0.29) is 6.09 Å². The van der Waals surface area contributed by atoms with E-state index in [0.717, 1.165) is 27.8 Å². The second kappa shape index (κ2) is 10.3. The molecular weight excluding hydrogens is 478 g/mol. The summed E-state index contributed by atoms with van der Waals surface area (Å²) in [4.78, 5) is 30.2. The van der Waals surface area contributed by atoms with Crippen LogP contribution < -0.4 is 10.2 Å². The summed E-state index contributed by atoms with van der Waals surface area (Å²) in [5.74, 6) is 2.10. The number of carbonyl (C=O) groups excluding carboxylic acids is 1. The van der Waals surface area contributed by atoms with Crippen LogP contribution in [0.25, 0.3) is 22.0 Å². The fourth-order valence-electron chi connectivity index (χ4n) is 4.33. The van der Waals surface area contributed by atoms with Crippen LogP contribution in [0.5, 0.6) is 0 Å². The van der Waals surface area contributed by atoms with Crippen LogP contribution in [-0.4, -0.2) is 57.7 Å². The van der Waals surface area contributed by atoms with Crippen molar-refractivity contribution in [1.82, 2.24) is 19.9 Å². The van der Waals surface area contributed by atoms with Gasteiger partial charge in [-0.25, -0.2) is 19.7 Å². The fraction of sp³-hybridized carbons (Fsp3) is 0.276. The minimum atomic E-state index is -0.514. The largest absolute Gasteiger partial charge is 0.444 e. The average Bonchev–Trinajstić information content (AvgIpc) is 2.92. The molecule has 0 atom stereocenters. The van der Waals surface area contributed by atoms with Crippen molar-refractivity contribution in [3.05, 3.63) is 72.6 Å². The van der Waals surface area contributed by atoms with Gasteiger partial charge >= 0.3 is 6.09 Å². The highest BCUT2D eigenvalue weighted by atomic mass is 16.6. The van der Waals surface area contributed by atoms with Crippen LogP contribution in [0.2, 0.25) is 0 Å². The number of rotatable bonds is 4. The number of piperazine rings is 1. The topological polar surface area (TPSA) is 107 Å². The predicted molar refractivity (Wildman–Crippen MR) is 147 cm³/mol. The minimum Gasteiger partial charge on any atom is -0.444 e. The zero-order valence-corrected chi connectivity index (χ0v) is 21.7. The maximum atomic E-state index is 12.5. The molecule has 0 saturated carbocycles. The molecule has 1 amide bonds. The van der Waals surface area contributed by atoms with Crippen molar-refractivity contribution in [2.24, 2.45) is 0 Å². The summed E-state index contributed by atoms with van der Waals surface area (Å²) in [5, 5.41) is 14.4. The minimum absolute atomic E-state index is 0.282. The molecule has 0 aliphatic carbocycles. The van der Waals surface area contributed by atoms with Gasteiger partial charge in [-0.3, -0.25) is 0 Å². The Morgan fingerprint density at radius 2 is 1.79 bits per heavy atom. The summed E-state index contributed by atoms with van der Waals surface area (Å²) < 4.78 is 5.52. The zero-order valence-electron chi connectivity index (χ0n) is 21.7. The number of hydrogen-bond acceptors (Lipinski definition) is 8. The lowest BCUT2D eigenvalue weighted by Gasteiger charge is -2.36. The maximum absolute atomic E-state index is 12.5. The Morgan fingerprint density at radius 3 is 2.50 bits per heavy atom. The number of aromatic nitrogens is 3. The Kier molecular flexibility index (Phi) is 6.79. The molecule has 1 fully saturated rings. The molecule has 0 bridgehead atoms. The van der Waals surface area contributed by atoms with Gasteiger partial charge < -0.3 is 19.9 Å². The highest BCUT2D eigenvalue weighted by Gasteiger charge is 2.26. The summed E-state index contributed by atoms with van der Waals surface area (Å²) in [5.41, 5.74) is 1.76. The second-order valence-electron chi connectivity index (χ2n) is 10.1. The van der Waals surface area contributed by atoms with Crippen molar-refractivity contribution in [3.63, 3.8) is 0 Å². The Bertz CT molecular complexity index is 1500. The van der Waals surface area contributed by atoms with Crippen LogP contribution in [0.1, 0.15) is 26.3 Å². The summed E-state index contributed by atoms with van der Waals surface area (Å²) in [6.07, 6.45) is 3.04. The number of ether oxygens (including phenoxy) is 1. The quantitative estimate of drug-likeness (QED) is 0.393. The SMILES string of the molecule is CC(C)(C)OC(=O)N1CCN(c2cc(-c3nc(Nc4ccc(C#N)cn4)cc4ccccc34)ccn2)CC1.